The smallest absolute Gasteiger partial charge is 0.160 e. The van der Waals surface area contributed by atoms with Crippen LogP contribution in [0.15, 0.2) is 54.9 Å². The molecule has 0 bridgehead atoms. The van der Waals surface area contributed by atoms with Crippen molar-refractivity contribution in [3.05, 3.63) is 77.6 Å². The number of H-pyrrole nitrogens is 1. The fraction of sp³-hybridized carbons (Fsp3) is 0.0526. The molecule has 2 aromatic heterocycles. The summed E-state index contributed by atoms with van der Waals surface area (Å²) < 4.78 is 29.0. The lowest BCUT2D eigenvalue weighted by molar-refractivity contribution is 0.550. The van der Waals surface area contributed by atoms with Crippen LogP contribution in [0.1, 0.15) is 17.2 Å². The van der Waals surface area contributed by atoms with E-state index in [2.05, 4.69) is 20.5 Å². The van der Waals surface area contributed by atoms with Gasteiger partial charge in [-0.3, -0.25) is 0 Å². The van der Waals surface area contributed by atoms with Gasteiger partial charge in [-0.05, 0) is 18.2 Å². The Hall–Kier alpha value is -3.28. The van der Waals surface area contributed by atoms with Crippen LogP contribution in [0.5, 0.6) is 0 Å². The van der Waals surface area contributed by atoms with Gasteiger partial charge in [0.15, 0.2) is 5.65 Å². The van der Waals surface area contributed by atoms with Gasteiger partial charge in [0.05, 0.1) is 17.8 Å². The quantitative estimate of drug-likeness (QED) is 0.542. The zero-order valence-electron chi connectivity index (χ0n) is 12.9. The Kier molecular flexibility index (Phi) is 2.88. The Bertz CT molecular complexity index is 1100. The van der Waals surface area contributed by atoms with Crippen LogP contribution in [-0.4, -0.2) is 15.2 Å². The summed E-state index contributed by atoms with van der Waals surface area (Å²) in [5, 5.41) is 12.3. The highest BCUT2D eigenvalue weighted by atomic mass is 19.1. The topological polar surface area (TPSA) is 53.6 Å². The third kappa shape index (κ3) is 1.97. The van der Waals surface area contributed by atoms with E-state index in [1.807, 2.05) is 24.3 Å². The molecule has 5 rings (SSSR count). The minimum atomic E-state index is -0.679. The van der Waals surface area contributed by atoms with Crippen LogP contribution < -0.4 is 5.32 Å². The zero-order valence-corrected chi connectivity index (χ0v) is 12.9. The van der Waals surface area contributed by atoms with E-state index in [4.69, 9.17) is 0 Å². The van der Waals surface area contributed by atoms with Crippen molar-refractivity contribution < 1.29 is 8.78 Å². The van der Waals surface area contributed by atoms with Crippen LogP contribution >= 0.6 is 0 Å². The molecule has 2 N–H and O–H groups in total. The monoisotopic (exact) mass is 334 g/mol. The highest BCUT2D eigenvalue weighted by Gasteiger charge is 2.29. The maximum atomic E-state index is 14.5. The van der Waals surface area contributed by atoms with Crippen molar-refractivity contribution in [1.29, 1.82) is 0 Å². The molecule has 1 unspecified atom stereocenters. The Balaban J connectivity index is 1.88. The summed E-state index contributed by atoms with van der Waals surface area (Å²) in [6, 6.07) is 10.9. The van der Waals surface area contributed by atoms with Gasteiger partial charge in [0, 0.05) is 34.0 Å². The minimum absolute atomic E-state index is 0.0112. The van der Waals surface area contributed by atoms with E-state index in [-0.39, 0.29) is 5.56 Å². The number of halogens is 2. The maximum absolute atomic E-state index is 14.5. The summed E-state index contributed by atoms with van der Waals surface area (Å²) in [5.74, 6) is -1.18. The molecule has 0 fully saturated rings. The first-order valence-corrected chi connectivity index (χ1v) is 7.86. The normalized spacial score (nSPS) is 15.5. The van der Waals surface area contributed by atoms with Crippen LogP contribution in [-0.2, 0) is 0 Å². The summed E-state index contributed by atoms with van der Waals surface area (Å²) >= 11 is 0. The van der Waals surface area contributed by atoms with E-state index >= 15 is 0 Å². The molecule has 1 aliphatic heterocycles. The molecule has 2 aromatic carbocycles. The third-order valence-electron chi connectivity index (χ3n) is 4.62. The molecular weight excluding hydrogens is 322 g/mol. The van der Waals surface area contributed by atoms with Crippen molar-refractivity contribution in [3.63, 3.8) is 0 Å². The number of rotatable bonds is 1. The van der Waals surface area contributed by atoms with Gasteiger partial charge in [0.2, 0.25) is 0 Å². The molecule has 0 amide bonds. The Morgan fingerprint density at radius 2 is 1.72 bits per heavy atom. The average molecular weight is 334 g/mol. The first-order chi connectivity index (χ1) is 12.2. The lowest BCUT2D eigenvalue weighted by atomic mass is 9.97. The van der Waals surface area contributed by atoms with E-state index in [0.717, 1.165) is 27.8 Å². The van der Waals surface area contributed by atoms with Gasteiger partial charge < -0.3 is 10.3 Å². The number of para-hydroxylation sites is 1. The molecule has 122 valence electrons. The van der Waals surface area contributed by atoms with Gasteiger partial charge in [0.1, 0.15) is 11.6 Å². The van der Waals surface area contributed by atoms with Crippen LogP contribution in [0.3, 0.4) is 0 Å². The lowest BCUT2D eigenvalue weighted by Crippen LogP contribution is -2.15. The first kappa shape index (κ1) is 14.1. The molecular formula is C19H12F2N4. The van der Waals surface area contributed by atoms with Gasteiger partial charge in [-0.1, -0.05) is 24.3 Å². The minimum Gasteiger partial charge on any atom is -0.373 e. The molecule has 0 saturated carbocycles. The van der Waals surface area contributed by atoms with Crippen molar-refractivity contribution in [1.82, 2.24) is 15.2 Å². The fourth-order valence-electron chi connectivity index (χ4n) is 3.52. The van der Waals surface area contributed by atoms with E-state index in [9.17, 15) is 8.78 Å². The standard InChI is InChI=1S/C19H12F2N4/c20-13-5-3-6-14(21)17(13)18-12-8-22-19-16(12)11(9-23-25-19)10-4-1-2-7-15(10)24-18/h1-9,18,24H,(H,22,25). The first-order valence-electron chi connectivity index (χ1n) is 7.86. The number of nitrogens with one attached hydrogen (secondary N) is 2. The van der Waals surface area contributed by atoms with Gasteiger partial charge in [-0.15, -0.1) is 5.10 Å². The van der Waals surface area contributed by atoms with Crippen LogP contribution in [0, 0.1) is 11.6 Å². The second kappa shape index (κ2) is 5.11. The van der Waals surface area contributed by atoms with Crippen LogP contribution in [0.25, 0.3) is 22.2 Å². The molecule has 0 spiro atoms. The number of hydrogen-bond donors (Lipinski definition) is 2. The van der Waals surface area contributed by atoms with E-state index < -0.39 is 17.7 Å². The molecule has 4 aromatic rings. The van der Waals surface area contributed by atoms with E-state index in [1.54, 1.807) is 12.4 Å². The molecule has 4 nitrogen and oxygen atoms in total. The number of nitrogens with zero attached hydrogens (tertiary/aromatic N) is 2. The summed E-state index contributed by atoms with van der Waals surface area (Å²) in [4.78, 5) is 3.06. The summed E-state index contributed by atoms with van der Waals surface area (Å²) in [7, 11) is 0. The van der Waals surface area contributed by atoms with Gasteiger partial charge >= 0.3 is 0 Å². The Labute approximate surface area is 141 Å². The van der Waals surface area contributed by atoms with Crippen molar-refractivity contribution >= 4 is 16.7 Å². The molecule has 3 heterocycles. The summed E-state index contributed by atoms with van der Waals surface area (Å²) in [6.45, 7) is 0. The number of aromatic amines is 1. The summed E-state index contributed by atoms with van der Waals surface area (Å²) in [6.07, 6.45) is 3.42. The second-order valence-electron chi connectivity index (χ2n) is 5.98. The zero-order chi connectivity index (χ0) is 17.0. The molecule has 1 aliphatic rings. The van der Waals surface area contributed by atoms with Crippen LogP contribution in [0.4, 0.5) is 14.5 Å². The SMILES string of the molecule is Fc1cccc(F)c1C1Nc2ccccc2-c2cnnc3[nH]cc1c23. The van der Waals surface area contributed by atoms with E-state index in [0.29, 0.717) is 5.65 Å². The van der Waals surface area contributed by atoms with Crippen molar-refractivity contribution in [2.45, 2.75) is 6.04 Å². The molecule has 0 aliphatic carbocycles. The molecule has 25 heavy (non-hydrogen) atoms. The predicted molar refractivity (Wildman–Crippen MR) is 91.1 cm³/mol. The number of anilines is 1. The van der Waals surface area contributed by atoms with Crippen molar-refractivity contribution in [3.8, 4) is 11.1 Å². The predicted octanol–water partition coefficient (Wildman–Crippen LogP) is 4.42. The third-order valence-corrected chi connectivity index (χ3v) is 4.62. The van der Waals surface area contributed by atoms with Gasteiger partial charge in [-0.25, -0.2) is 8.78 Å². The number of fused-ring (bicyclic) bond motifs is 2. The average Bonchev–Trinajstić information content (AvgIpc) is 2.99. The van der Waals surface area contributed by atoms with Gasteiger partial charge in [-0.2, -0.15) is 5.10 Å². The fourth-order valence-corrected chi connectivity index (χ4v) is 3.52. The largest absolute Gasteiger partial charge is 0.373 e. The van der Waals surface area contributed by atoms with Gasteiger partial charge in [0.25, 0.3) is 0 Å². The summed E-state index contributed by atoms with van der Waals surface area (Å²) in [5.41, 5.74) is 3.91. The number of hydrogen-bond acceptors (Lipinski definition) is 3. The highest BCUT2D eigenvalue weighted by Crippen LogP contribution is 2.43. The number of benzene rings is 2. The van der Waals surface area contributed by atoms with Crippen LogP contribution in [0.2, 0.25) is 0 Å². The molecule has 0 saturated heterocycles. The molecule has 0 radical (unpaired) electrons. The second-order valence-corrected chi connectivity index (χ2v) is 5.98. The number of aromatic nitrogens is 3. The molecule has 6 heteroatoms. The van der Waals surface area contributed by atoms with Crippen molar-refractivity contribution in [2.75, 3.05) is 5.32 Å². The Morgan fingerprint density at radius 3 is 2.56 bits per heavy atom. The lowest BCUT2D eigenvalue weighted by Gasteiger charge is -2.20. The van der Waals surface area contributed by atoms with E-state index in [1.165, 1.54) is 18.2 Å². The van der Waals surface area contributed by atoms with Crippen molar-refractivity contribution in [2.24, 2.45) is 0 Å². The Morgan fingerprint density at radius 1 is 0.920 bits per heavy atom. The highest BCUT2D eigenvalue weighted by molar-refractivity contribution is 6.00. The molecule has 1 atom stereocenters. The maximum Gasteiger partial charge on any atom is 0.160 e.